The van der Waals surface area contributed by atoms with Gasteiger partial charge in [-0.3, -0.25) is 0 Å². The van der Waals surface area contributed by atoms with Crippen LogP contribution in [-0.2, 0) is 0 Å². The van der Waals surface area contributed by atoms with Crippen LogP contribution in [0.1, 0.15) is 6.92 Å². The third-order valence-corrected chi connectivity index (χ3v) is 6.89. The number of fused-ring (bicyclic) bond motifs is 4. The van der Waals surface area contributed by atoms with Gasteiger partial charge in [-0.05, 0) is 28.9 Å². The van der Waals surface area contributed by atoms with Crippen LogP contribution in [0.5, 0.6) is 5.88 Å². The second-order valence-electron chi connectivity index (χ2n) is 7.44. The molecule has 2 aromatic rings. The summed E-state index contributed by atoms with van der Waals surface area (Å²) in [5.41, 5.74) is 2.02. The molecular formula is C18H19BrClFN4O2. The van der Waals surface area contributed by atoms with Gasteiger partial charge in [0.15, 0.2) is 5.82 Å². The highest BCUT2D eigenvalue weighted by atomic mass is 79.9. The fraction of sp³-hybridized carbons (Fsp3) is 0.500. The topological polar surface area (TPSA) is 60.9 Å². The molecule has 4 heterocycles. The number of rotatable bonds is 1. The van der Waals surface area contributed by atoms with Gasteiger partial charge >= 0.3 is 0 Å². The number of aliphatic hydroxyl groups excluding tert-OH is 1. The van der Waals surface area contributed by atoms with Crippen LogP contribution in [-0.4, -0.2) is 61.1 Å². The number of benzene rings is 1. The Labute approximate surface area is 169 Å². The van der Waals surface area contributed by atoms with Crippen molar-refractivity contribution in [1.29, 1.82) is 0 Å². The Hall–Kier alpha value is -1.35. The van der Waals surface area contributed by atoms with E-state index in [2.05, 4.69) is 43.0 Å². The zero-order valence-corrected chi connectivity index (χ0v) is 17.0. The predicted molar refractivity (Wildman–Crippen MR) is 107 cm³/mol. The number of aliphatic hydroxyl groups is 1. The first kappa shape index (κ1) is 17.7. The summed E-state index contributed by atoms with van der Waals surface area (Å²) in [5, 5.41) is 14.2. The average molecular weight is 458 g/mol. The first-order valence-corrected chi connectivity index (χ1v) is 10.2. The maximum absolute atomic E-state index is 15.0. The summed E-state index contributed by atoms with van der Waals surface area (Å²) in [5.74, 6) is -0.122. The van der Waals surface area contributed by atoms with Crippen molar-refractivity contribution < 1.29 is 14.2 Å². The molecule has 3 aliphatic heterocycles. The van der Waals surface area contributed by atoms with Gasteiger partial charge in [-0.1, -0.05) is 11.6 Å². The first-order chi connectivity index (χ1) is 13.0. The van der Waals surface area contributed by atoms with Crippen LogP contribution < -0.4 is 19.9 Å². The van der Waals surface area contributed by atoms with Crippen molar-refractivity contribution in [3.63, 3.8) is 0 Å². The molecule has 1 aromatic heterocycles. The van der Waals surface area contributed by atoms with Crippen LogP contribution in [0.15, 0.2) is 10.5 Å². The quantitative estimate of drug-likeness (QED) is 0.642. The standard InChI is InChI=1S/C18H19BrClFN4O2/c1-8-4-25-9(3-22-8)5-24-6-10(7-26)27-18-17(24)16(25)11-2-12(20)13(19)14(21)15(11)23-18/h2,8-10,22,26H,3-7H2,1H3/t8-,9-,10+/m1/s1. The van der Waals surface area contributed by atoms with Gasteiger partial charge in [0.2, 0.25) is 5.88 Å². The molecule has 0 bridgehead atoms. The first-order valence-electron chi connectivity index (χ1n) is 9.01. The summed E-state index contributed by atoms with van der Waals surface area (Å²) < 4.78 is 21.1. The molecule has 0 saturated carbocycles. The zero-order chi connectivity index (χ0) is 18.9. The SMILES string of the molecule is C[C@@H]1CN2c3c4c(nc5c(F)c(Br)c(Cl)cc35)O[C@H](CO)CN4C[C@H]2CN1. The Balaban J connectivity index is 1.82. The van der Waals surface area contributed by atoms with E-state index in [0.717, 1.165) is 31.0 Å². The van der Waals surface area contributed by atoms with E-state index >= 15 is 0 Å². The summed E-state index contributed by atoms with van der Waals surface area (Å²) in [6, 6.07) is 2.34. The highest BCUT2D eigenvalue weighted by Gasteiger charge is 2.41. The van der Waals surface area contributed by atoms with Crippen molar-refractivity contribution in [1.82, 2.24) is 10.3 Å². The van der Waals surface area contributed by atoms with Gasteiger partial charge in [0.05, 0.1) is 34.4 Å². The molecule has 1 saturated heterocycles. The summed E-state index contributed by atoms with van der Waals surface area (Å²) in [6.45, 7) is 5.06. The number of piperazine rings is 1. The number of nitrogens with zero attached hydrogens (tertiary/aromatic N) is 3. The molecule has 0 radical (unpaired) electrons. The van der Waals surface area contributed by atoms with Crippen molar-refractivity contribution >= 4 is 49.8 Å². The minimum Gasteiger partial charge on any atom is -0.468 e. The number of hydrogen-bond acceptors (Lipinski definition) is 6. The van der Waals surface area contributed by atoms with Crippen LogP contribution in [0, 0.1) is 5.82 Å². The summed E-state index contributed by atoms with van der Waals surface area (Å²) >= 11 is 9.50. The Bertz CT molecular complexity index is 946. The van der Waals surface area contributed by atoms with Crippen molar-refractivity contribution in [3.05, 3.63) is 21.4 Å². The van der Waals surface area contributed by atoms with E-state index in [1.807, 2.05) is 0 Å². The van der Waals surface area contributed by atoms with Gasteiger partial charge in [-0.25, -0.2) is 9.37 Å². The summed E-state index contributed by atoms with van der Waals surface area (Å²) in [4.78, 5) is 9.01. The predicted octanol–water partition coefficient (Wildman–Crippen LogP) is 2.53. The third kappa shape index (κ3) is 2.61. The Morgan fingerprint density at radius 3 is 3.00 bits per heavy atom. The molecule has 2 N–H and O–H groups in total. The van der Waals surface area contributed by atoms with Crippen LogP contribution in [0.3, 0.4) is 0 Å². The average Bonchev–Trinajstić information content (AvgIpc) is 2.66. The van der Waals surface area contributed by atoms with Crippen molar-refractivity contribution in [2.45, 2.75) is 25.1 Å². The molecule has 144 valence electrons. The molecule has 3 aliphatic rings. The molecule has 9 heteroatoms. The molecule has 1 aromatic carbocycles. The summed E-state index contributed by atoms with van der Waals surface area (Å²) in [6.07, 6.45) is -0.379. The fourth-order valence-corrected chi connectivity index (χ4v) is 4.85. The van der Waals surface area contributed by atoms with E-state index in [1.165, 1.54) is 0 Å². The van der Waals surface area contributed by atoms with Crippen molar-refractivity contribution in [2.24, 2.45) is 0 Å². The van der Waals surface area contributed by atoms with E-state index in [9.17, 15) is 9.50 Å². The van der Waals surface area contributed by atoms with E-state index < -0.39 is 5.82 Å². The lowest BCUT2D eigenvalue weighted by molar-refractivity contribution is 0.106. The zero-order valence-electron chi connectivity index (χ0n) is 14.7. The van der Waals surface area contributed by atoms with Crippen LogP contribution in [0.2, 0.25) is 5.02 Å². The second-order valence-corrected chi connectivity index (χ2v) is 8.64. The number of ether oxygens (including phenoxy) is 1. The highest BCUT2D eigenvalue weighted by Crippen LogP contribution is 2.50. The highest BCUT2D eigenvalue weighted by molar-refractivity contribution is 9.10. The molecule has 5 rings (SSSR count). The van der Waals surface area contributed by atoms with Gasteiger partial charge in [0, 0.05) is 31.1 Å². The normalized spacial score (nSPS) is 26.6. The minimum absolute atomic E-state index is 0.110. The fourth-order valence-electron chi connectivity index (χ4n) is 4.36. The van der Waals surface area contributed by atoms with E-state index in [-0.39, 0.29) is 28.7 Å². The number of aromatic nitrogens is 1. The monoisotopic (exact) mass is 456 g/mol. The molecule has 0 spiro atoms. The van der Waals surface area contributed by atoms with Gasteiger partial charge in [-0.2, -0.15) is 0 Å². The Kier molecular flexibility index (Phi) is 4.16. The third-order valence-electron chi connectivity index (χ3n) is 5.59. The van der Waals surface area contributed by atoms with Crippen LogP contribution in [0.25, 0.3) is 10.9 Å². The smallest absolute Gasteiger partial charge is 0.240 e. The molecule has 0 amide bonds. The number of anilines is 2. The molecule has 3 atom stereocenters. The lowest BCUT2D eigenvalue weighted by Gasteiger charge is -2.51. The molecular weight excluding hydrogens is 439 g/mol. The number of hydrogen-bond donors (Lipinski definition) is 2. The van der Waals surface area contributed by atoms with Gasteiger partial charge < -0.3 is 25.0 Å². The summed E-state index contributed by atoms with van der Waals surface area (Å²) in [7, 11) is 0. The lowest BCUT2D eigenvalue weighted by atomic mass is 9.99. The maximum Gasteiger partial charge on any atom is 0.240 e. The molecule has 27 heavy (non-hydrogen) atoms. The maximum atomic E-state index is 15.0. The molecule has 1 fully saturated rings. The second kappa shape index (κ2) is 6.34. The number of pyridine rings is 1. The van der Waals surface area contributed by atoms with Gasteiger partial charge in [-0.15, -0.1) is 0 Å². The van der Waals surface area contributed by atoms with E-state index in [4.69, 9.17) is 16.3 Å². The lowest BCUT2D eigenvalue weighted by Crippen LogP contribution is -2.63. The molecule has 6 nitrogen and oxygen atoms in total. The van der Waals surface area contributed by atoms with Crippen molar-refractivity contribution in [2.75, 3.05) is 42.6 Å². The molecule has 0 unspecified atom stereocenters. The minimum atomic E-state index is -0.497. The number of halogens is 3. The van der Waals surface area contributed by atoms with Crippen molar-refractivity contribution in [3.8, 4) is 5.88 Å². The Morgan fingerprint density at radius 1 is 1.41 bits per heavy atom. The number of nitrogens with one attached hydrogen (secondary N) is 1. The van der Waals surface area contributed by atoms with Crippen LogP contribution in [0.4, 0.5) is 15.8 Å². The van der Waals surface area contributed by atoms with Gasteiger partial charge in [0.1, 0.15) is 17.3 Å². The van der Waals surface area contributed by atoms with Crippen LogP contribution >= 0.6 is 27.5 Å². The Morgan fingerprint density at radius 2 is 2.22 bits per heavy atom. The van der Waals surface area contributed by atoms with Gasteiger partial charge in [0.25, 0.3) is 0 Å². The molecule has 0 aliphatic carbocycles. The van der Waals surface area contributed by atoms with E-state index in [0.29, 0.717) is 28.9 Å². The largest absolute Gasteiger partial charge is 0.468 e. The van der Waals surface area contributed by atoms with E-state index in [1.54, 1.807) is 6.07 Å².